The molecule has 29 heavy (non-hydrogen) atoms. The molecule has 7 heteroatoms. The van der Waals surface area contributed by atoms with Crippen LogP contribution in [-0.2, 0) is 11.3 Å². The molecule has 0 spiro atoms. The fourth-order valence-corrected chi connectivity index (χ4v) is 4.65. The molecule has 1 aliphatic rings. The highest BCUT2D eigenvalue weighted by molar-refractivity contribution is 7.15. The van der Waals surface area contributed by atoms with Crippen LogP contribution in [0.15, 0.2) is 24.4 Å². The van der Waals surface area contributed by atoms with Crippen molar-refractivity contribution in [2.45, 2.75) is 39.2 Å². The van der Waals surface area contributed by atoms with Crippen molar-refractivity contribution in [3.63, 3.8) is 0 Å². The van der Waals surface area contributed by atoms with Gasteiger partial charge in [0.15, 0.2) is 5.13 Å². The smallest absolute Gasteiger partial charge is 0.224 e. The van der Waals surface area contributed by atoms with Crippen LogP contribution >= 0.6 is 11.3 Å². The molecule has 6 nitrogen and oxygen atoms in total. The first-order valence-corrected chi connectivity index (χ1v) is 11.0. The van der Waals surface area contributed by atoms with Crippen molar-refractivity contribution >= 4 is 28.1 Å². The first-order chi connectivity index (χ1) is 13.9. The number of aromatic nitrogens is 1. The molecule has 2 aromatic rings. The van der Waals surface area contributed by atoms with Gasteiger partial charge < -0.3 is 15.0 Å². The summed E-state index contributed by atoms with van der Waals surface area (Å²) in [5.74, 6) is 1.47. The molecule has 1 amide bonds. The molecule has 1 fully saturated rings. The molecule has 0 bridgehead atoms. The fourth-order valence-electron chi connectivity index (χ4n) is 3.78. The predicted molar refractivity (Wildman–Crippen MR) is 120 cm³/mol. The summed E-state index contributed by atoms with van der Waals surface area (Å²) >= 11 is 1.76. The summed E-state index contributed by atoms with van der Waals surface area (Å²) in [4.78, 5) is 22.8. The average Bonchev–Trinajstić information content (AvgIpc) is 3.17. The van der Waals surface area contributed by atoms with Crippen LogP contribution in [0.25, 0.3) is 0 Å². The second-order valence-electron chi connectivity index (χ2n) is 8.01. The number of hydrogen-bond acceptors (Lipinski definition) is 6. The molecular weight excluding hydrogens is 384 g/mol. The number of hydrogen-bond donors (Lipinski definition) is 1. The van der Waals surface area contributed by atoms with E-state index in [-0.39, 0.29) is 5.91 Å². The number of piperidine rings is 1. The van der Waals surface area contributed by atoms with E-state index in [1.54, 1.807) is 18.4 Å². The Bertz CT molecular complexity index is 821. The number of benzene rings is 1. The number of carbonyl (C=O) groups excluding carboxylic acids is 1. The van der Waals surface area contributed by atoms with E-state index in [1.807, 2.05) is 45.4 Å². The zero-order valence-corrected chi connectivity index (χ0v) is 18.7. The van der Waals surface area contributed by atoms with Gasteiger partial charge in [0.25, 0.3) is 0 Å². The Labute approximate surface area is 177 Å². The molecule has 1 aliphatic heterocycles. The van der Waals surface area contributed by atoms with Crippen molar-refractivity contribution in [3.8, 4) is 5.75 Å². The van der Waals surface area contributed by atoms with E-state index in [0.717, 1.165) is 48.2 Å². The summed E-state index contributed by atoms with van der Waals surface area (Å²) in [6.45, 7) is 5.13. The third kappa shape index (κ3) is 6.18. The Kier molecular flexibility index (Phi) is 7.50. The minimum atomic E-state index is 0.0912. The summed E-state index contributed by atoms with van der Waals surface area (Å²) in [6.07, 6.45) is 5.90. The molecule has 2 heterocycles. The Morgan fingerprint density at radius 1 is 1.41 bits per heavy atom. The van der Waals surface area contributed by atoms with Gasteiger partial charge in [-0.3, -0.25) is 9.69 Å². The van der Waals surface area contributed by atoms with E-state index in [9.17, 15) is 4.79 Å². The molecular formula is C22H32N4O2S. The number of methoxy groups -OCH3 is 1. The van der Waals surface area contributed by atoms with Crippen molar-refractivity contribution in [1.29, 1.82) is 0 Å². The van der Waals surface area contributed by atoms with Gasteiger partial charge in [0.1, 0.15) is 5.75 Å². The predicted octanol–water partition coefficient (Wildman–Crippen LogP) is 4.16. The van der Waals surface area contributed by atoms with Crippen LogP contribution in [-0.4, -0.2) is 50.1 Å². The van der Waals surface area contributed by atoms with Crippen molar-refractivity contribution in [2.75, 3.05) is 44.5 Å². The van der Waals surface area contributed by atoms with Crippen LogP contribution < -0.4 is 15.0 Å². The molecule has 1 N–H and O–H groups in total. The van der Waals surface area contributed by atoms with Crippen molar-refractivity contribution in [2.24, 2.45) is 5.92 Å². The summed E-state index contributed by atoms with van der Waals surface area (Å²) in [5.41, 5.74) is 1.88. The Balaban J connectivity index is 1.45. The highest BCUT2D eigenvalue weighted by Crippen LogP contribution is 2.27. The minimum absolute atomic E-state index is 0.0912. The van der Waals surface area contributed by atoms with Crippen molar-refractivity contribution in [1.82, 2.24) is 9.88 Å². The van der Waals surface area contributed by atoms with Crippen molar-refractivity contribution in [3.05, 3.63) is 34.8 Å². The average molecular weight is 417 g/mol. The van der Waals surface area contributed by atoms with Crippen LogP contribution in [0.1, 0.15) is 36.1 Å². The number of rotatable bonds is 8. The molecule has 0 saturated carbocycles. The van der Waals surface area contributed by atoms with Gasteiger partial charge in [-0.15, -0.1) is 11.3 Å². The number of amides is 1. The zero-order chi connectivity index (χ0) is 20.8. The lowest BCUT2D eigenvalue weighted by Crippen LogP contribution is -2.35. The van der Waals surface area contributed by atoms with Crippen LogP contribution in [0.2, 0.25) is 0 Å². The largest absolute Gasteiger partial charge is 0.497 e. The van der Waals surface area contributed by atoms with Gasteiger partial charge >= 0.3 is 0 Å². The standard InChI is InChI=1S/C22H32N4O2S/c1-16-12-18(28-4)8-9-20(16)24-21(27)10-7-17-6-5-11-26(14-17)15-19-13-23-22(29-19)25(2)3/h8-9,12-13,17H,5-7,10-11,14-15H2,1-4H3,(H,24,27)/t17-/m0/s1. The quantitative estimate of drug-likeness (QED) is 0.700. The van der Waals surface area contributed by atoms with Crippen molar-refractivity contribution < 1.29 is 9.53 Å². The molecule has 1 saturated heterocycles. The Hall–Kier alpha value is -2.12. The first kappa shape index (κ1) is 21.6. The number of nitrogens with one attached hydrogen (secondary N) is 1. The number of thiazole rings is 1. The molecule has 0 unspecified atom stereocenters. The lowest BCUT2D eigenvalue weighted by atomic mass is 9.93. The summed E-state index contributed by atoms with van der Waals surface area (Å²) in [6, 6.07) is 5.73. The highest BCUT2D eigenvalue weighted by atomic mass is 32.1. The second kappa shape index (κ2) is 10.1. The number of aryl methyl sites for hydroxylation is 1. The van der Waals surface area contributed by atoms with Crippen LogP contribution in [0, 0.1) is 12.8 Å². The maximum absolute atomic E-state index is 12.4. The topological polar surface area (TPSA) is 57.7 Å². The van der Waals surface area contributed by atoms with Crippen LogP contribution in [0.5, 0.6) is 5.75 Å². The normalized spacial score (nSPS) is 17.2. The number of nitrogens with zero attached hydrogens (tertiary/aromatic N) is 3. The van der Waals surface area contributed by atoms with Crippen LogP contribution in [0.3, 0.4) is 0 Å². The SMILES string of the molecule is COc1ccc(NC(=O)CC[C@@H]2CCCN(Cc3cnc(N(C)C)s3)C2)c(C)c1. The second-order valence-corrected chi connectivity index (χ2v) is 9.11. The molecule has 1 atom stereocenters. The number of anilines is 2. The monoisotopic (exact) mass is 416 g/mol. The summed E-state index contributed by atoms with van der Waals surface area (Å²) in [7, 11) is 5.70. The molecule has 1 aromatic heterocycles. The van der Waals surface area contributed by atoms with Gasteiger partial charge in [0.05, 0.1) is 7.11 Å². The molecule has 158 valence electrons. The first-order valence-electron chi connectivity index (χ1n) is 10.2. The molecule has 0 aliphatic carbocycles. The van der Waals surface area contributed by atoms with E-state index in [1.165, 1.54) is 17.7 Å². The zero-order valence-electron chi connectivity index (χ0n) is 17.9. The highest BCUT2D eigenvalue weighted by Gasteiger charge is 2.21. The summed E-state index contributed by atoms with van der Waals surface area (Å²) < 4.78 is 5.22. The van der Waals surface area contributed by atoms with Gasteiger partial charge in [-0.25, -0.2) is 4.98 Å². The van der Waals surface area contributed by atoms with E-state index in [0.29, 0.717) is 12.3 Å². The fraction of sp³-hybridized carbons (Fsp3) is 0.545. The van der Waals surface area contributed by atoms with E-state index in [2.05, 4.69) is 20.1 Å². The lowest BCUT2D eigenvalue weighted by molar-refractivity contribution is -0.116. The Morgan fingerprint density at radius 3 is 2.93 bits per heavy atom. The molecule has 0 radical (unpaired) electrons. The minimum Gasteiger partial charge on any atom is -0.497 e. The van der Waals surface area contributed by atoms with E-state index >= 15 is 0 Å². The van der Waals surface area contributed by atoms with E-state index in [4.69, 9.17) is 4.74 Å². The number of likely N-dealkylation sites (tertiary alicyclic amines) is 1. The van der Waals surface area contributed by atoms with Gasteiger partial charge in [0, 0.05) is 50.4 Å². The Morgan fingerprint density at radius 2 is 2.24 bits per heavy atom. The maximum atomic E-state index is 12.4. The van der Waals surface area contributed by atoms with E-state index < -0.39 is 0 Å². The third-order valence-corrected chi connectivity index (χ3v) is 6.54. The van der Waals surface area contributed by atoms with Gasteiger partial charge in [0.2, 0.25) is 5.91 Å². The maximum Gasteiger partial charge on any atom is 0.224 e. The molecule has 3 rings (SSSR count). The van der Waals surface area contributed by atoms with Crippen LogP contribution in [0.4, 0.5) is 10.8 Å². The molecule has 1 aromatic carbocycles. The van der Waals surface area contributed by atoms with Gasteiger partial charge in [-0.2, -0.15) is 0 Å². The number of ether oxygens (including phenoxy) is 1. The summed E-state index contributed by atoms with van der Waals surface area (Å²) in [5, 5.41) is 4.10. The van der Waals surface area contributed by atoms with Gasteiger partial charge in [-0.05, 0) is 62.4 Å². The lowest BCUT2D eigenvalue weighted by Gasteiger charge is -2.32. The number of carbonyl (C=O) groups is 1. The van der Waals surface area contributed by atoms with Gasteiger partial charge in [-0.1, -0.05) is 0 Å². The third-order valence-electron chi connectivity index (χ3n) is 5.39.